The van der Waals surface area contributed by atoms with Gasteiger partial charge in [0.1, 0.15) is 6.61 Å². The van der Waals surface area contributed by atoms with Crippen molar-refractivity contribution < 1.29 is 19.4 Å². The molecule has 0 aromatic carbocycles. The monoisotopic (exact) mass is 250 g/mol. The Morgan fingerprint density at radius 3 is 2.89 bits per heavy atom. The van der Waals surface area contributed by atoms with Gasteiger partial charge in [-0.1, -0.05) is 18.7 Å². The summed E-state index contributed by atoms with van der Waals surface area (Å²) in [6.07, 6.45) is 3.45. The quantitative estimate of drug-likeness (QED) is 0.769. The Morgan fingerprint density at radius 2 is 2.39 bits per heavy atom. The molecule has 0 spiro atoms. The summed E-state index contributed by atoms with van der Waals surface area (Å²) >= 11 is 0. The molecule has 0 fully saturated rings. The van der Waals surface area contributed by atoms with Crippen LogP contribution >= 0.6 is 0 Å². The van der Waals surface area contributed by atoms with Gasteiger partial charge in [0, 0.05) is 18.0 Å². The molecule has 0 aliphatic rings. The van der Waals surface area contributed by atoms with Crippen molar-refractivity contribution in [3.63, 3.8) is 0 Å². The number of pyridine rings is 1. The molecule has 2 N–H and O–H groups in total. The van der Waals surface area contributed by atoms with Gasteiger partial charge in [0.15, 0.2) is 5.54 Å². The Balaban J connectivity index is 2.92. The minimum absolute atomic E-state index is 0.00850. The maximum Gasteiger partial charge on any atom is 0.408 e. The number of aromatic nitrogens is 1. The molecular formula is C12H14N2O4. The summed E-state index contributed by atoms with van der Waals surface area (Å²) in [4.78, 5) is 26.6. The molecule has 6 heteroatoms. The van der Waals surface area contributed by atoms with Crippen LogP contribution in [-0.2, 0) is 15.1 Å². The zero-order valence-electron chi connectivity index (χ0n) is 9.92. The van der Waals surface area contributed by atoms with Crippen molar-refractivity contribution in [1.29, 1.82) is 0 Å². The minimum Gasteiger partial charge on any atom is -0.479 e. The van der Waals surface area contributed by atoms with E-state index in [4.69, 9.17) is 4.74 Å². The van der Waals surface area contributed by atoms with Crippen molar-refractivity contribution in [2.24, 2.45) is 0 Å². The summed E-state index contributed by atoms with van der Waals surface area (Å²) in [6, 6.07) is 3.15. The fraction of sp³-hybridized carbons (Fsp3) is 0.250. The van der Waals surface area contributed by atoms with E-state index in [1.54, 1.807) is 12.1 Å². The Labute approximate surface area is 104 Å². The van der Waals surface area contributed by atoms with Gasteiger partial charge in [-0.2, -0.15) is 0 Å². The number of nitrogens with zero attached hydrogens (tertiary/aromatic N) is 1. The first kappa shape index (κ1) is 13.7. The first-order valence-electron chi connectivity index (χ1n) is 5.20. The van der Waals surface area contributed by atoms with Crippen molar-refractivity contribution in [2.45, 2.75) is 12.5 Å². The number of alkyl carbamates (subject to hydrolysis) is 1. The maximum absolute atomic E-state index is 11.4. The van der Waals surface area contributed by atoms with Crippen molar-refractivity contribution in [3.8, 4) is 0 Å². The van der Waals surface area contributed by atoms with Crippen LogP contribution in [-0.4, -0.2) is 28.8 Å². The van der Waals surface area contributed by atoms with Crippen LogP contribution in [0.1, 0.15) is 12.5 Å². The Bertz CT molecular complexity index is 447. The SMILES string of the molecule is C=CCOC(=O)NC(C)(C(=O)O)c1cccnc1. The van der Waals surface area contributed by atoms with Gasteiger partial charge in [-0.3, -0.25) is 4.98 Å². The second-order valence-corrected chi connectivity index (χ2v) is 3.68. The van der Waals surface area contributed by atoms with Gasteiger partial charge in [0.05, 0.1) is 0 Å². The molecule has 1 aromatic heterocycles. The number of ether oxygens (including phenoxy) is 1. The predicted molar refractivity (Wildman–Crippen MR) is 63.9 cm³/mol. The van der Waals surface area contributed by atoms with E-state index < -0.39 is 17.6 Å². The molecule has 0 aliphatic heterocycles. The molecule has 0 radical (unpaired) electrons. The number of nitrogens with one attached hydrogen (secondary N) is 1. The molecule has 0 bridgehead atoms. The van der Waals surface area contributed by atoms with Gasteiger partial charge in [-0.25, -0.2) is 9.59 Å². The highest BCUT2D eigenvalue weighted by atomic mass is 16.5. The third-order valence-electron chi connectivity index (χ3n) is 2.35. The molecule has 1 heterocycles. The van der Waals surface area contributed by atoms with Gasteiger partial charge >= 0.3 is 12.1 Å². The van der Waals surface area contributed by atoms with E-state index in [-0.39, 0.29) is 6.61 Å². The van der Waals surface area contributed by atoms with Crippen LogP contribution in [0.3, 0.4) is 0 Å². The summed E-state index contributed by atoms with van der Waals surface area (Å²) in [5.41, 5.74) is -1.24. The van der Waals surface area contributed by atoms with Crippen LogP contribution in [0, 0.1) is 0 Å². The summed E-state index contributed by atoms with van der Waals surface area (Å²) in [6.45, 7) is 4.76. The van der Waals surface area contributed by atoms with Crippen LogP contribution in [0.5, 0.6) is 0 Å². The molecular weight excluding hydrogens is 236 g/mol. The van der Waals surface area contributed by atoms with E-state index >= 15 is 0 Å². The molecule has 1 amide bonds. The Kier molecular flexibility index (Phi) is 4.42. The lowest BCUT2D eigenvalue weighted by molar-refractivity contribution is -0.144. The highest BCUT2D eigenvalue weighted by molar-refractivity contribution is 5.85. The van der Waals surface area contributed by atoms with Gasteiger partial charge in [-0.05, 0) is 13.0 Å². The van der Waals surface area contributed by atoms with Crippen LogP contribution < -0.4 is 5.32 Å². The molecule has 6 nitrogen and oxygen atoms in total. The third-order valence-corrected chi connectivity index (χ3v) is 2.35. The number of aliphatic carboxylic acids is 1. The van der Waals surface area contributed by atoms with E-state index in [1.165, 1.54) is 25.4 Å². The highest BCUT2D eigenvalue weighted by Crippen LogP contribution is 2.20. The second-order valence-electron chi connectivity index (χ2n) is 3.68. The third kappa shape index (κ3) is 3.07. The summed E-state index contributed by atoms with van der Waals surface area (Å²) in [5, 5.41) is 11.5. The van der Waals surface area contributed by atoms with Gasteiger partial charge < -0.3 is 15.2 Å². The average molecular weight is 250 g/mol. The summed E-state index contributed by atoms with van der Waals surface area (Å²) < 4.78 is 4.71. The average Bonchev–Trinajstić information content (AvgIpc) is 2.37. The zero-order chi connectivity index (χ0) is 13.6. The number of carbonyl (C=O) groups excluding carboxylic acids is 1. The fourth-order valence-corrected chi connectivity index (χ4v) is 1.28. The van der Waals surface area contributed by atoms with Crippen LogP contribution in [0.4, 0.5) is 4.79 Å². The Morgan fingerprint density at radius 1 is 1.67 bits per heavy atom. The number of carboxylic acid groups (broad SMARTS) is 1. The second kappa shape index (κ2) is 5.81. The number of amides is 1. The van der Waals surface area contributed by atoms with Crippen molar-refractivity contribution in [1.82, 2.24) is 10.3 Å². The van der Waals surface area contributed by atoms with Gasteiger partial charge in [0.25, 0.3) is 0 Å². The van der Waals surface area contributed by atoms with Crippen LogP contribution in [0.15, 0.2) is 37.2 Å². The number of carboxylic acids is 1. The molecule has 1 atom stereocenters. The van der Waals surface area contributed by atoms with Gasteiger partial charge in [0.2, 0.25) is 0 Å². The van der Waals surface area contributed by atoms with E-state index in [9.17, 15) is 14.7 Å². The highest BCUT2D eigenvalue weighted by Gasteiger charge is 2.37. The molecule has 18 heavy (non-hydrogen) atoms. The molecule has 1 rings (SSSR count). The van der Waals surface area contributed by atoms with E-state index in [2.05, 4.69) is 16.9 Å². The van der Waals surface area contributed by atoms with Crippen molar-refractivity contribution >= 4 is 12.1 Å². The van der Waals surface area contributed by atoms with Crippen molar-refractivity contribution in [3.05, 3.63) is 42.7 Å². The van der Waals surface area contributed by atoms with Gasteiger partial charge in [-0.15, -0.1) is 0 Å². The number of rotatable bonds is 5. The maximum atomic E-state index is 11.4. The normalized spacial score (nSPS) is 13.2. The van der Waals surface area contributed by atoms with Crippen molar-refractivity contribution in [2.75, 3.05) is 6.61 Å². The Hall–Kier alpha value is -2.37. The van der Waals surface area contributed by atoms with Crippen LogP contribution in [0.25, 0.3) is 0 Å². The summed E-state index contributed by atoms with van der Waals surface area (Å²) in [7, 11) is 0. The molecule has 0 saturated heterocycles. The molecule has 1 aromatic rings. The van der Waals surface area contributed by atoms with E-state index in [1.807, 2.05) is 0 Å². The lowest BCUT2D eigenvalue weighted by Crippen LogP contribution is -2.49. The van der Waals surface area contributed by atoms with Crippen LogP contribution in [0.2, 0.25) is 0 Å². The largest absolute Gasteiger partial charge is 0.479 e. The first-order chi connectivity index (χ1) is 8.50. The fourth-order valence-electron chi connectivity index (χ4n) is 1.28. The molecule has 0 saturated carbocycles. The van der Waals surface area contributed by atoms with E-state index in [0.29, 0.717) is 5.56 Å². The van der Waals surface area contributed by atoms with E-state index in [0.717, 1.165) is 0 Å². The number of hydrogen-bond acceptors (Lipinski definition) is 4. The lowest BCUT2D eigenvalue weighted by Gasteiger charge is -2.25. The molecule has 0 aliphatic carbocycles. The molecule has 96 valence electrons. The number of carbonyl (C=O) groups is 2. The zero-order valence-corrected chi connectivity index (χ0v) is 9.92. The standard InChI is InChI=1S/C12H14N2O4/c1-3-7-18-11(17)14-12(2,10(15)16)9-5-4-6-13-8-9/h3-6,8H,1,7H2,2H3,(H,14,17)(H,15,16). The lowest BCUT2D eigenvalue weighted by atomic mass is 9.94. The molecule has 1 unspecified atom stereocenters. The summed E-state index contributed by atoms with van der Waals surface area (Å²) in [5.74, 6) is -1.20. The first-order valence-corrected chi connectivity index (χ1v) is 5.20. The topological polar surface area (TPSA) is 88.5 Å². The smallest absolute Gasteiger partial charge is 0.408 e. The predicted octanol–water partition coefficient (Wildman–Crippen LogP) is 1.29. The number of hydrogen-bond donors (Lipinski definition) is 2. The minimum atomic E-state index is -1.59.